The van der Waals surface area contributed by atoms with Crippen LogP contribution >= 0.6 is 11.3 Å². The van der Waals surface area contributed by atoms with Gasteiger partial charge in [-0.2, -0.15) is 0 Å². The van der Waals surface area contributed by atoms with E-state index < -0.39 is 0 Å². The third kappa shape index (κ3) is 3.24. The number of amides is 1. The molecule has 1 saturated heterocycles. The minimum atomic E-state index is -0.106. The molecule has 0 saturated carbocycles. The van der Waals surface area contributed by atoms with Crippen molar-refractivity contribution in [3.8, 4) is 11.8 Å². The van der Waals surface area contributed by atoms with E-state index in [-0.39, 0.29) is 5.91 Å². The second kappa shape index (κ2) is 6.61. The van der Waals surface area contributed by atoms with Gasteiger partial charge in [-0.25, -0.2) is 4.98 Å². The zero-order valence-corrected chi connectivity index (χ0v) is 14.8. The number of fused-ring (bicyclic) bond motifs is 1. The molecule has 5 nitrogen and oxygen atoms in total. The van der Waals surface area contributed by atoms with Crippen LogP contribution in [0.25, 0.3) is 10.9 Å². The van der Waals surface area contributed by atoms with Crippen molar-refractivity contribution in [2.45, 2.75) is 0 Å². The average Bonchev–Trinajstić information content (AvgIpc) is 3.30. The van der Waals surface area contributed by atoms with Gasteiger partial charge in [0, 0.05) is 68.0 Å². The number of rotatable bonds is 1. The van der Waals surface area contributed by atoms with Crippen molar-refractivity contribution in [2.24, 2.45) is 7.05 Å². The summed E-state index contributed by atoms with van der Waals surface area (Å²) in [5, 5.41) is 4.17. The van der Waals surface area contributed by atoms with E-state index in [0.29, 0.717) is 13.1 Å². The minimum absolute atomic E-state index is 0.106. The van der Waals surface area contributed by atoms with Crippen LogP contribution in [0, 0.1) is 11.8 Å². The van der Waals surface area contributed by atoms with Crippen molar-refractivity contribution in [2.75, 3.05) is 31.1 Å². The summed E-state index contributed by atoms with van der Waals surface area (Å²) in [6.07, 6.45) is 3.83. The standard InChI is InChI=1S/C19H18N4OS/c1-21-8-6-16-4-2-15(14-17(16)21)3-5-18(24)22-9-11-23(12-10-22)19-20-7-13-25-19/h2,4,6-8,13-14H,9-12H2,1H3. The average molecular weight is 350 g/mol. The molecule has 25 heavy (non-hydrogen) atoms. The lowest BCUT2D eigenvalue weighted by Gasteiger charge is -2.33. The summed E-state index contributed by atoms with van der Waals surface area (Å²) in [5.41, 5.74) is 1.99. The molecule has 1 fully saturated rings. The second-order valence-corrected chi connectivity index (χ2v) is 6.92. The van der Waals surface area contributed by atoms with Gasteiger partial charge in [0.1, 0.15) is 0 Å². The summed E-state index contributed by atoms with van der Waals surface area (Å²) in [6, 6.07) is 8.09. The third-order valence-corrected chi connectivity index (χ3v) is 5.29. The number of thiazole rings is 1. The number of aryl methyl sites for hydroxylation is 1. The predicted molar refractivity (Wildman–Crippen MR) is 101 cm³/mol. The molecule has 4 rings (SSSR count). The smallest absolute Gasteiger partial charge is 0.298 e. The molecule has 1 aromatic carbocycles. The highest BCUT2D eigenvalue weighted by atomic mass is 32.1. The van der Waals surface area contributed by atoms with Crippen molar-refractivity contribution in [3.63, 3.8) is 0 Å². The van der Waals surface area contributed by atoms with Crippen LogP contribution in [0.15, 0.2) is 42.0 Å². The van der Waals surface area contributed by atoms with E-state index in [9.17, 15) is 4.79 Å². The van der Waals surface area contributed by atoms with Crippen LogP contribution in [0.4, 0.5) is 5.13 Å². The zero-order chi connectivity index (χ0) is 17.2. The second-order valence-electron chi connectivity index (χ2n) is 6.04. The van der Waals surface area contributed by atoms with Crippen LogP contribution < -0.4 is 4.90 Å². The Kier molecular flexibility index (Phi) is 4.16. The summed E-state index contributed by atoms with van der Waals surface area (Å²) >= 11 is 1.63. The maximum atomic E-state index is 12.4. The van der Waals surface area contributed by atoms with Crippen molar-refractivity contribution in [3.05, 3.63) is 47.6 Å². The maximum absolute atomic E-state index is 12.4. The first kappa shape index (κ1) is 15.7. The highest BCUT2D eigenvalue weighted by Gasteiger charge is 2.21. The van der Waals surface area contributed by atoms with Crippen LogP contribution in [0.1, 0.15) is 5.56 Å². The number of piperazine rings is 1. The third-order valence-electron chi connectivity index (χ3n) is 4.46. The first-order chi connectivity index (χ1) is 12.2. The number of carbonyl (C=O) groups is 1. The molecule has 0 N–H and O–H groups in total. The van der Waals surface area contributed by atoms with E-state index in [4.69, 9.17) is 0 Å². The topological polar surface area (TPSA) is 41.4 Å². The quantitative estimate of drug-likeness (QED) is 0.633. The highest BCUT2D eigenvalue weighted by molar-refractivity contribution is 7.13. The van der Waals surface area contributed by atoms with Crippen molar-refractivity contribution in [1.82, 2.24) is 14.5 Å². The number of anilines is 1. The molecule has 1 aliphatic rings. The summed E-state index contributed by atoms with van der Waals surface area (Å²) in [6.45, 7) is 2.97. The van der Waals surface area contributed by atoms with Crippen LogP contribution in [-0.4, -0.2) is 46.5 Å². The SMILES string of the molecule is Cn1ccc2ccc(C#CC(=O)N3CCN(c4nccs4)CC3)cc21. The van der Waals surface area contributed by atoms with Gasteiger partial charge in [0.05, 0.1) is 0 Å². The molecule has 126 valence electrons. The van der Waals surface area contributed by atoms with Gasteiger partial charge in [-0.3, -0.25) is 4.79 Å². The maximum Gasteiger partial charge on any atom is 0.298 e. The van der Waals surface area contributed by atoms with Crippen LogP contribution in [0.3, 0.4) is 0 Å². The van der Waals surface area contributed by atoms with Gasteiger partial charge in [0.25, 0.3) is 5.91 Å². The van der Waals surface area contributed by atoms with Gasteiger partial charge < -0.3 is 14.4 Å². The van der Waals surface area contributed by atoms with Crippen molar-refractivity contribution < 1.29 is 4.79 Å². The number of hydrogen-bond donors (Lipinski definition) is 0. The Bertz CT molecular complexity index is 956. The Hall–Kier alpha value is -2.78. The Balaban J connectivity index is 1.42. The highest BCUT2D eigenvalue weighted by Crippen LogP contribution is 2.19. The molecule has 3 heterocycles. The lowest BCUT2D eigenvalue weighted by molar-refractivity contribution is -0.125. The predicted octanol–water partition coefficient (Wildman–Crippen LogP) is 2.34. The summed E-state index contributed by atoms with van der Waals surface area (Å²) in [4.78, 5) is 20.7. The molecule has 6 heteroatoms. The number of carbonyl (C=O) groups excluding carboxylic acids is 1. The van der Waals surface area contributed by atoms with Gasteiger partial charge in [0.15, 0.2) is 5.13 Å². The van der Waals surface area contributed by atoms with E-state index in [2.05, 4.69) is 32.4 Å². The fourth-order valence-corrected chi connectivity index (χ4v) is 3.71. The van der Waals surface area contributed by atoms with E-state index in [1.54, 1.807) is 11.3 Å². The number of benzene rings is 1. The van der Waals surface area contributed by atoms with Crippen LogP contribution in [0.5, 0.6) is 0 Å². The van der Waals surface area contributed by atoms with Crippen LogP contribution in [-0.2, 0) is 11.8 Å². The normalized spacial score (nSPS) is 14.4. The summed E-state index contributed by atoms with van der Waals surface area (Å²) in [5.74, 6) is 5.70. The first-order valence-electron chi connectivity index (χ1n) is 8.21. The van der Waals surface area contributed by atoms with E-state index in [0.717, 1.165) is 29.3 Å². The molecule has 0 radical (unpaired) electrons. The van der Waals surface area contributed by atoms with Gasteiger partial charge in [-0.15, -0.1) is 11.3 Å². The molecule has 0 aliphatic carbocycles. The Morgan fingerprint density at radius 1 is 1.20 bits per heavy atom. The lowest BCUT2D eigenvalue weighted by atomic mass is 10.1. The fourth-order valence-electron chi connectivity index (χ4n) is 3.02. The van der Waals surface area contributed by atoms with E-state index in [1.165, 1.54) is 5.39 Å². The van der Waals surface area contributed by atoms with E-state index >= 15 is 0 Å². The summed E-state index contributed by atoms with van der Waals surface area (Å²) in [7, 11) is 2.01. The molecule has 3 aromatic rings. The van der Waals surface area contributed by atoms with Crippen molar-refractivity contribution >= 4 is 33.3 Å². The molecular formula is C19H18N4OS. The van der Waals surface area contributed by atoms with E-state index in [1.807, 2.05) is 47.9 Å². The largest absolute Gasteiger partial charge is 0.351 e. The molecule has 1 amide bonds. The molecule has 0 spiro atoms. The van der Waals surface area contributed by atoms with Gasteiger partial charge in [-0.1, -0.05) is 12.0 Å². The number of hydrogen-bond acceptors (Lipinski definition) is 4. The fraction of sp³-hybridized carbons (Fsp3) is 0.263. The number of nitrogens with zero attached hydrogens (tertiary/aromatic N) is 4. The zero-order valence-electron chi connectivity index (χ0n) is 14.0. The molecule has 0 atom stereocenters. The molecule has 1 aliphatic heterocycles. The van der Waals surface area contributed by atoms with Gasteiger partial charge >= 0.3 is 0 Å². The molecule has 0 unspecified atom stereocenters. The lowest BCUT2D eigenvalue weighted by Crippen LogP contribution is -2.48. The Morgan fingerprint density at radius 3 is 2.80 bits per heavy atom. The molecule has 0 bridgehead atoms. The monoisotopic (exact) mass is 350 g/mol. The Morgan fingerprint density at radius 2 is 2.04 bits per heavy atom. The number of aromatic nitrogens is 2. The van der Waals surface area contributed by atoms with Gasteiger partial charge in [-0.05, 0) is 23.6 Å². The molecule has 2 aromatic heterocycles. The first-order valence-corrected chi connectivity index (χ1v) is 9.09. The molecular weight excluding hydrogens is 332 g/mol. The Labute approximate surface area is 150 Å². The van der Waals surface area contributed by atoms with Crippen LogP contribution in [0.2, 0.25) is 0 Å². The minimum Gasteiger partial charge on any atom is -0.351 e. The summed E-state index contributed by atoms with van der Waals surface area (Å²) < 4.78 is 2.06. The van der Waals surface area contributed by atoms with Gasteiger partial charge in [0.2, 0.25) is 0 Å². The van der Waals surface area contributed by atoms with Crippen molar-refractivity contribution in [1.29, 1.82) is 0 Å².